The summed E-state index contributed by atoms with van der Waals surface area (Å²) in [7, 11) is 1.53. The standard InChI is InChI=1S/C48H83N2O6P/c1-6-8-10-12-14-16-17-18-19-20-21-22-23-24-25-26-27-28-29-30-31-32-33-34-36-38-40-42-48(52)49-46(45-56-57(53,54)55-44-43-50(3,4)5)47(51)41-39-37-35-15-13-11-9-7-2/h8,10,13-16,18-19,21-22,24-25,27-28,39,41,46-47,51H,6-7,9,11-12,17,20,23,26,29-38,40,42-45H2,1-5H3,(H-,49,52,53,54)/p+1/b10-8-,15-13+,16-14-,19-18-,22-21-,25-24-,28-27-,41-39+. The van der Waals surface area contributed by atoms with Crippen LogP contribution in [0.2, 0.25) is 0 Å². The van der Waals surface area contributed by atoms with E-state index in [9.17, 15) is 19.4 Å². The number of carbonyl (C=O) groups is 1. The van der Waals surface area contributed by atoms with Gasteiger partial charge in [0.1, 0.15) is 13.2 Å². The zero-order valence-corrected chi connectivity index (χ0v) is 37.7. The first-order chi connectivity index (χ1) is 27.5. The SMILES string of the molecule is CC/C=C\C/C=C\C/C=C\C/C=C\C/C=C\C/C=C\CCCCCCCCCCC(=O)NC(COP(=O)(O)OCC[N+](C)(C)C)C(O)/C=C/CC/C=C/CCCC. The molecule has 3 N–H and O–H groups in total. The average molecular weight is 816 g/mol. The number of hydrogen-bond acceptors (Lipinski definition) is 5. The van der Waals surface area contributed by atoms with Gasteiger partial charge in [0.2, 0.25) is 5.91 Å². The Kier molecular flexibility index (Phi) is 37.2. The molecule has 0 aliphatic rings. The van der Waals surface area contributed by atoms with E-state index in [0.717, 1.165) is 89.9 Å². The first-order valence-electron chi connectivity index (χ1n) is 22.1. The molecular weight excluding hydrogens is 732 g/mol. The van der Waals surface area contributed by atoms with E-state index < -0.39 is 20.0 Å². The maximum absolute atomic E-state index is 12.8. The van der Waals surface area contributed by atoms with Crippen LogP contribution in [0.15, 0.2) is 97.2 Å². The van der Waals surface area contributed by atoms with Gasteiger partial charge in [-0.2, -0.15) is 0 Å². The summed E-state index contributed by atoms with van der Waals surface area (Å²) in [6.45, 7) is 4.56. The van der Waals surface area contributed by atoms with Crippen molar-refractivity contribution < 1.29 is 32.9 Å². The van der Waals surface area contributed by atoms with Crippen molar-refractivity contribution in [1.82, 2.24) is 5.32 Å². The van der Waals surface area contributed by atoms with Crippen molar-refractivity contribution in [2.45, 2.75) is 161 Å². The number of phosphoric acid groups is 1. The molecule has 57 heavy (non-hydrogen) atoms. The van der Waals surface area contributed by atoms with Gasteiger partial charge in [0.05, 0.1) is 39.9 Å². The summed E-state index contributed by atoms with van der Waals surface area (Å²) < 4.78 is 23.4. The number of aliphatic hydroxyl groups is 1. The van der Waals surface area contributed by atoms with Gasteiger partial charge in [-0.15, -0.1) is 0 Å². The van der Waals surface area contributed by atoms with Gasteiger partial charge < -0.3 is 19.8 Å². The van der Waals surface area contributed by atoms with E-state index in [-0.39, 0.29) is 19.1 Å². The van der Waals surface area contributed by atoms with E-state index in [1.165, 1.54) is 38.5 Å². The fourth-order valence-electron chi connectivity index (χ4n) is 5.51. The number of amides is 1. The van der Waals surface area contributed by atoms with Gasteiger partial charge in [-0.1, -0.05) is 162 Å². The molecule has 0 heterocycles. The highest BCUT2D eigenvalue weighted by molar-refractivity contribution is 7.47. The third kappa shape index (κ3) is 41.4. The summed E-state index contributed by atoms with van der Waals surface area (Å²) in [5, 5.41) is 13.7. The predicted molar refractivity (Wildman–Crippen MR) is 244 cm³/mol. The predicted octanol–water partition coefficient (Wildman–Crippen LogP) is 12.4. The van der Waals surface area contributed by atoms with Gasteiger partial charge in [0.15, 0.2) is 0 Å². The van der Waals surface area contributed by atoms with Gasteiger partial charge in [-0.25, -0.2) is 4.57 Å². The summed E-state index contributed by atoms with van der Waals surface area (Å²) in [5.41, 5.74) is 0. The van der Waals surface area contributed by atoms with Crippen molar-refractivity contribution in [3.8, 4) is 0 Å². The van der Waals surface area contributed by atoms with Crippen LogP contribution in [0.4, 0.5) is 0 Å². The number of allylic oxidation sites excluding steroid dienone is 15. The van der Waals surface area contributed by atoms with Crippen LogP contribution >= 0.6 is 7.82 Å². The molecule has 3 atom stereocenters. The van der Waals surface area contributed by atoms with Gasteiger partial charge in [0, 0.05) is 6.42 Å². The zero-order valence-electron chi connectivity index (χ0n) is 36.8. The Balaban J connectivity index is 4.23. The van der Waals surface area contributed by atoms with Crippen LogP contribution in [0.1, 0.15) is 149 Å². The topological polar surface area (TPSA) is 105 Å². The van der Waals surface area contributed by atoms with E-state index >= 15 is 0 Å². The largest absolute Gasteiger partial charge is 0.472 e. The molecule has 0 spiro atoms. The lowest BCUT2D eigenvalue weighted by atomic mass is 10.1. The van der Waals surface area contributed by atoms with E-state index in [4.69, 9.17) is 9.05 Å². The van der Waals surface area contributed by atoms with E-state index in [0.29, 0.717) is 17.4 Å². The molecule has 8 nitrogen and oxygen atoms in total. The maximum atomic E-state index is 12.8. The third-order valence-corrected chi connectivity index (χ3v) is 10.0. The second kappa shape index (κ2) is 38.9. The van der Waals surface area contributed by atoms with Crippen molar-refractivity contribution in [2.75, 3.05) is 40.9 Å². The molecule has 0 saturated carbocycles. The molecule has 0 fully saturated rings. The number of phosphoric ester groups is 1. The lowest BCUT2D eigenvalue weighted by Gasteiger charge is -2.25. The van der Waals surface area contributed by atoms with Crippen molar-refractivity contribution in [1.29, 1.82) is 0 Å². The fourth-order valence-corrected chi connectivity index (χ4v) is 6.25. The molecule has 0 aromatic rings. The molecule has 1 amide bonds. The third-order valence-electron chi connectivity index (χ3n) is 9.04. The quantitative estimate of drug-likeness (QED) is 0.0248. The lowest BCUT2D eigenvalue weighted by molar-refractivity contribution is -0.870. The van der Waals surface area contributed by atoms with E-state index in [1.807, 2.05) is 27.2 Å². The number of unbranched alkanes of at least 4 members (excludes halogenated alkanes) is 11. The lowest BCUT2D eigenvalue weighted by Crippen LogP contribution is -2.45. The highest BCUT2D eigenvalue weighted by atomic mass is 31.2. The Labute approximate surface area is 349 Å². The average Bonchev–Trinajstić information content (AvgIpc) is 3.16. The monoisotopic (exact) mass is 816 g/mol. The summed E-state index contributed by atoms with van der Waals surface area (Å²) in [6.07, 6.45) is 55.0. The van der Waals surface area contributed by atoms with Crippen LogP contribution in [0.3, 0.4) is 0 Å². The summed E-state index contributed by atoms with van der Waals surface area (Å²) in [6, 6.07) is -0.871. The Morgan fingerprint density at radius 1 is 0.614 bits per heavy atom. The van der Waals surface area contributed by atoms with Gasteiger partial charge in [-0.05, 0) is 77.0 Å². The Morgan fingerprint density at radius 2 is 1.07 bits per heavy atom. The highest BCUT2D eigenvalue weighted by Gasteiger charge is 2.27. The normalized spacial score (nSPS) is 15.3. The number of rotatable bonds is 38. The Hall–Kier alpha value is -2.58. The second-order valence-corrected chi connectivity index (χ2v) is 17.1. The van der Waals surface area contributed by atoms with E-state index in [1.54, 1.807) is 6.08 Å². The van der Waals surface area contributed by atoms with Crippen LogP contribution in [0, 0.1) is 0 Å². The molecule has 9 heteroatoms. The minimum absolute atomic E-state index is 0.0485. The van der Waals surface area contributed by atoms with Crippen LogP contribution in [0.5, 0.6) is 0 Å². The number of likely N-dealkylation sites (N-methyl/N-ethyl adjacent to an activating group) is 1. The fraction of sp³-hybridized carbons (Fsp3) is 0.646. The molecule has 326 valence electrons. The van der Waals surface area contributed by atoms with Crippen molar-refractivity contribution in [3.63, 3.8) is 0 Å². The molecule has 3 unspecified atom stereocenters. The zero-order chi connectivity index (χ0) is 42.1. The molecule has 0 aromatic heterocycles. The molecule has 0 radical (unpaired) electrons. The van der Waals surface area contributed by atoms with Crippen molar-refractivity contribution >= 4 is 13.7 Å². The summed E-state index contributed by atoms with van der Waals surface area (Å²) >= 11 is 0. The number of carbonyl (C=O) groups excluding carboxylic acids is 1. The van der Waals surface area contributed by atoms with E-state index in [2.05, 4.69) is 104 Å². The number of nitrogens with one attached hydrogen (secondary N) is 1. The van der Waals surface area contributed by atoms with Gasteiger partial charge >= 0.3 is 7.82 Å². The first kappa shape index (κ1) is 54.4. The highest BCUT2D eigenvalue weighted by Crippen LogP contribution is 2.43. The van der Waals surface area contributed by atoms with Crippen molar-refractivity contribution in [2.24, 2.45) is 0 Å². The number of aliphatic hydroxyl groups excluding tert-OH is 1. The van der Waals surface area contributed by atoms with Crippen LogP contribution in [-0.4, -0.2) is 73.4 Å². The second-order valence-electron chi connectivity index (χ2n) is 15.7. The number of quaternary nitrogens is 1. The molecular formula is C48H84N2O6P+. The van der Waals surface area contributed by atoms with Crippen LogP contribution < -0.4 is 5.32 Å². The molecule has 0 rings (SSSR count). The van der Waals surface area contributed by atoms with Crippen molar-refractivity contribution in [3.05, 3.63) is 97.2 Å². The molecule has 0 aromatic carbocycles. The number of hydrogen-bond donors (Lipinski definition) is 3. The van der Waals surface area contributed by atoms with Crippen LogP contribution in [-0.2, 0) is 18.4 Å². The molecule has 0 bridgehead atoms. The Morgan fingerprint density at radius 3 is 1.61 bits per heavy atom. The van der Waals surface area contributed by atoms with Crippen LogP contribution in [0.25, 0.3) is 0 Å². The maximum Gasteiger partial charge on any atom is 0.472 e. The summed E-state index contributed by atoms with van der Waals surface area (Å²) in [4.78, 5) is 23.0. The molecule has 0 aliphatic heterocycles. The molecule has 0 saturated heterocycles. The van der Waals surface area contributed by atoms with Gasteiger partial charge in [-0.3, -0.25) is 13.8 Å². The summed E-state index contributed by atoms with van der Waals surface area (Å²) in [5.74, 6) is -0.206. The first-order valence-corrected chi connectivity index (χ1v) is 23.6. The minimum atomic E-state index is -4.35. The Bertz CT molecular complexity index is 1240. The smallest absolute Gasteiger partial charge is 0.387 e. The minimum Gasteiger partial charge on any atom is -0.387 e. The van der Waals surface area contributed by atoms with Gasteiger partial charge in [0.25, 0.3) is 0 Å². The molecule has 0 aliphatic carbocycles. The number of nitrogens with zero attached hydrogens (tertiary/aromatic N) is 1.